The molecule has 1 saturated heterocycles. The Morgan fingerprint density at radius 3 is 2.67 bits per heavy atom. The van der Waals surface area contributed by atoms with Crippen molar-refractivity contribution in [2.24, 2.45) is 5.92 Å². The summed E-state index contributed by atoms with van der Waals surface area (Å²) in [6.45, 7) is 1.73. The number of ketones is 1. The van der Waals surface area contributed by atoms with E-state index >= 15 is 0 Å². The summed E-state index contributed by atoms with van der Waals surface area (Å²) in [7, 11) is 0. The first-order valence-electron chi connectivity index (χ1n) is 3.89. The fourth-order valence-electron chi connectivity index (χ4n) is 1.10. The third-order valence-electron chi connectivity index (χ3n) is 1.83. The van der Waals surface area contributed by atoms with Crippen LogP contribution in [0.2, 0.25) is 0 Å². The summed E-state index contributed by atoms with van der Waals surface area (Å²) < 4.78 is 4.29. The summed E-state index contributed by atoms with van der Waals surface area (Å²) in [4.78, 5) is 32.3. The van der Waals surface area contributed by atoms with Gasteiger partial charge in [0.05, 0.1) is 12.3 Å². The molecular formula is C8H10O4. The molecule has 4 heteroatoms. The molecule has 66 valence electrons. The zero-order chi connectivity index (χ0) is 9.14. The molecule has 1 aliphatic heterocycles. The molecule has 1 atom stereocenters. The molecule has 4 nitrogen and oxygen atoms in total. The number of hydrogen-bond acceptors (Lipinski definition) is 4. The number of Topliss-reactive ketones (excluding diaryl/α,β-unsaturated/α-hetero) is 1. The van der Waals surface area contributed by atoms with E-state index in [1.54, 1.807) is 6.92 Å². The van der Waals surface area contributed by atoms with Gasteiger partial charge in [0.15, 0.2) is 0 Å². The number of hydrogen-bond donors (Lipinski definition) is 0. The van der Waals surface area contributed by atoms with Gasteiger partial charge in [0, 0.05) is 12.8 Å². The Morgan fingerprint density at radius 1 is 1.58 bits per heavy atom. The minimum Gasteiger partial charge on any atom is -0.393 e. The average molecular weight is 170 g/mol. The molecule has 0 aromatic heterocycles. The lowest BCUT2D eigenvalue weighted by molar-refractivity contribution is -0.153. The lowest BCUT2D eigenvalue weighted by Gasteiger charge is -1.99. The van der Waals surface area contributed by atoms with Gasteiger partial charge in [-0.2, -0.15) is 0 Å². The summed E-state index contributed by atoms with van der Waals surface area (Å²) in [6.07, 6.45) is 0.601. The molecule has 1 unspecified atom stereocenters. The van der Waals surface area contributed by atoms with Crippen molar-refractivity contribution in [3.05, 3.63) is 0 Å². The van der Waals surface area contributed by atoms with E-state index in [4.69, 9.17) is 0 Å². The Kier molecular flexibility index (Phi) is 2.58. The predicted molar refractivity (Wildman–Crippen MR) is 39.1 cm³/mol. The topological polar surface area (TPSA) is 60.4 Å². The third kappa shape index (κ3) is 1.90. The second-order valence-electron chi connectivity index (χ2n) is 2.79. The van der Waals surface area contributed by atoms with E-state index in [9.17, 15) is 14.4 Å². The SMILES string of the molecule is CCC(=O)CC1CC(=O)OC1=O. The van der Waals surface area contributed by atoms with Crippen molar-refractivity contribution in [2.45, 2.75) is 26.2 Å². The summed E-state index contributed by atoms with van der Waals surface area (Å²) >= 11 is 0. The fraction of sp³-hybridized carbons (Fsp3) is 0.625. The number of esters is 2. The second kappa shape index (κ2) is 3.47. The summed E-state index contributed by atoms with van der Waals surface area (Å²) in [5, 5.41) is 0. The molecule has 0 N–H and O–H groups in total. The van der Waals surface area contributed by atoms with Crippen LogP contribution < -0.4 is 0 Å². The molecule has 1 fully saturated rings. The molecule has 0 aromatic rings. The molecule has 0 saturated carbocycles. The van der Waals surface area contributed by atoms with Crippen LogP contribution in [0.4, 0.5) is 0 Å². The van der Waals surface area contributed by atoms with Gasteiger partial charge in [-0.1, -0.05) is 6.92 Å². The van der Waals surface area contributed by atoms with Crippen molar-refractivity contribution < 1.29 is 19.1 Å². The fourth-order valence-corrected chi connectivity index (χ4v) is 1.10. The predicted octanol–water partition coefficient (Wildman–Crippen LogP) is 0.445. The highest BCUT2D eigenvalue weighted by Crippen LogP contribution is 2.19. The van der Waals surface area contributed by atoms with Crippen LogP contribution in [0.25, 0.3) is 0 Å². The van der Waals surface area contributed by atoms with Crippen LogP contribution in [0.1, 0.15) is 26.2 Å². The van der Waals surface area contributed by atoms with Gasteiger partial charge in [0.1, 0.15) is 5.78 Å². The monoisotopic (exact) mass is 170 g/mol. The van der Waals surface area contributed by atoms with Gasteiger partial charge >= 0.3 is 11.9 Å². The van der Waals surface area contributed by atoms with Crippen LogP contribution >= 0.6 is 0 Å². The zero-order valence-corrected chi connectivity index (χ0v) is 6.83. The number of cyclic esters (lactones) is 2. The number of carbonyl (C=O) groups excluding carboxylic acids is 3. The minimum absolute atomic E-state index is 0.00773. The molecule has 0 aromatic carbocycles. The van der Waals surface area contributed by atoms with Gasteiger partial charge in [0.2, 0.25) is 0 Å². The Balaban J connectivity index is 2.48. The van der Waals surface area contributed by atoms with E-state index in [0.717, 1.165) is 0 Å². The average Bonchev–Trinajstić information content (AvgIpc) is 2.30. The molecule has 1 heterocycles. The quantitative estimate of drug-likeness (QED) is 0.455. The summed E-state index contributed by atoms with van der Waals surface area (Å²) in [6, 6.07) is 0. The Bertz CT molecular complexity index is 231. The molecular weight excluding hydrogens is 160 g/mol. The molecule has 12 heavy (non-hydrogen) atoms. The van der Waals surface area contributed by atoms with Gasteiger partial charge in [-0.3, -0.25) is 14.4 Å². The van der Waals surface area contributed by atoms with Crippen molar-refractivity contribution in [3.63, 3.8) is 0 Å². The second-order valence-corrected chi connectivity index (χ2v) is 2.79. The maximum absolute atomic E-state index is 10.9. The molecule has 0 amide bonds. The van der Waals surface area contributed by atoms with Gasteiger partial charge in [-0.25, -0.2) is 0 Å². The summed E-state index contributed by atoms with van der Waals surface area (Å²) in [5.74, 6) is -1.60. The standard InChI is InChI=1S/C8H10O4/c1-2-6(9)3-5-4-7(10)12-8(5)11/h5H,2-4H2,1H3. The normalized spacial score (nSPS) is 22.6. The smallest absolute Gasteiger partial charge is 0.317 e. The van der Waals surface area contributed by atoms with E-state index in [2.05, 4.69) is 4.74 Å². The van der Waals surface area contributed by atoms with Crippen LogP contribution in [0.15, 0.2) is 0 Å². The molecule has 0 bridgehead atoms. The maximum Gasteiger partial charge on any atom is 0.317 e. The molecule has 1 aliphatic rings. The molecule has 0 spiro atoms. The van der Waals surface area contributed by atoms with Crippen molar-refractivity contribution in [3.8, 4) is 0 Å². The Labute approximate surface area is 69.9 Å². The lowest BCUT2D eigenvalue weighted by atomic mass is 10.0. The number of ether oxygens (including phenoxy) is 1. The van der Waals surface area contributed by atoms with Gasteiger partial charge < -0.3 is 4.74 Å². The van der Waals surface area contributed by atoms with Crippen LogP contribution in [0.3, 0.4) is 0 Å². The van der Waals surface area contributed by atoms with Crippen LogP contribution in [0, 0.1) is 5.92 Å². The van der Waals surface area contributed by atoms with E-state index in [1.807, 2.05) is 0 Å². The van der Waals surface area contributed by atoms with E-state index in [-0.39, 0.29) is 18.6 Å². The highest BCUT2D eigenvalue weighted by Gasteiger charge is 2.34. The Hall–Kier alpha value is -1.19. The zero-order valence-electron chi connectivity index (χ0n) is 6.83. The number of rotatable bonds is 3. The number of carbonyl (C=O) groups is 3. The first-order valence-corrected chi connectivity index (χ1v) is 3.89. The van der Waals surface area contributed by atoms with E-state index in [1.165, 1.54) is 0 Å². The first kappa shape index (κ1) is 8.90. The van der Waals surface area contributed by atoms with Crippen LogP contribution in [-0.4, -0.2) is 17.7 Å². The van der Waals surface area contributed by atoms with Crippen molar-refractivity contribution in [2.75, 3.05) is 0 Å². The van der Waals surface area contributed by atoms with Crippen molar-refractivity contribution >= 4 is 17.7 Å². The van der Waals surface area contributed by atoms with Gasteiger partial charge in [-0.15, -0.1) is 0 Å². The highest BCUT2D eigenvalue weighted by atomic mass is 16.6. The maximum atomic E-state index is 10.9. The Morgan fingerprint density at radius 2 is 2.25 bits per heavy atom. The molecule has 1 rings (SSSR count). The largest absolute Gasteiger partial charge is 0.393 e. The van der Waals surface area contributed by atoms with Gasteiger partial charge in [0.25, 0.3) is 0 Å². The van der Waals surface area contributed by atoms with Crippen molar-refractivity contribution in [1.29, 1.82) is 0 Å². The highest BCUT2D eigenvalue weighted by molar-refractivity contribution is 5.97. The van der Waals surface area contributed by atoms with Crippen LogP contribution in [0.5, 0.6) is 0 Å². The molecule has 0 radical (unpaired) electrons. The van der Waals surface area contributed by atoms with E-state index < -0.39 is 17.9 Å². The molecule has 0 aliphatic carbocycles. The van der Waals surface area contributed by atoms with Crippen molar-refractivity contribution in [1.82, 2.24) is 0 Å². The van der Waals surface area contributed by atoms with Gasteiger partial charge in [-0.05, 0) is 0 Å². The van der Waals surface area contributed by atoms with E-state index in [0.29, 0.717) is 6.42 Å². The first-order chi connectivity index (χ1) is 5.63. The summed E-state index contributed by atoms with van der Waals surface area (Å²) in [5.41, 5.74) is 0. The van der Waals surface area contributed by atoms with Crippen LogP contribution in [-0.2, 0) is 19.1 Å². The minimum atomic E-state index is -0.554. The third-order valence-corrected chi connectivity index (χ3v) is 1.83. The lowest BCUT2D eigenvalue weighted by Crippen LogP contribution is -2.12.